The van der Waals surface area contributed by atoms with E-state index in [9.17, 15) is 26.4 Å². The number of aryl methyl sites for hydroxylation is 1. The SMILES string of the molecule is Cc1[nH]ncc1S(=O)(=O)NC(=O)c1ccc(-n2ccc(OC(F)C(C)(C)C(F)F)n2)nc1N1CCC(C)C1(C)C. The van der Waals surface area contributed by atoms with Gasteiger partial charge in [-0.1, -0.05) is 6.92 Å². The smallest absolute Gasteiger partial charge is 0.268 e. The Bertz CT molecular complexity index is 1500. The van der Waals surface area contributed by atoms with E-state index in [1.54, 1.807) is 0 Å². The van der Waals surface area contributed by atoms with Crippen LogP contribution in [0.15, 0.2) is 35.5 Å². The Kier molecular flexibility index (Phi) is 7.64. The summed E-state index contributed by atoms with van der Waals surface area (Å²) >= 11 is 0. The van der Waals surface area contributed by atoms with Crippen molar-refractivity contribution in [1.29, 1.82) is 0 Å². The molecule has 15 heteroatoms. The molecule has 2 unspecified atom stereocenters. The number of sulfonamides is 1. The summed E-state index contributed by atoms with van der Waals surface area (Å²) in [7, 11) is -4.23. The first-order chi connectivity index (χ1) is 18.6. The van der Waals surface area contributed by atoms with Crippen LogP contribution in [0.25, 0.3) is 5.82 Å². The normalized spacial score (nSPS) is 18.2. The monoisotopic (exact) mass is 583 g/mol. The largest absolute Gasteiger partial charge is 0.441 e. The third-order valence-corrected chi connectivity index (χ3v) is 8.96. The maximum absolute atomic E-state index is 14.5. The molecule has 218 valence electrons. The van der Waals surface area contributed by atoms with E-state index in [0.717, 1.165) is 26.5 Å². The number of aromatic nitrogens is 5. The number of H-pyrrole nitrogens is 1. The minimum Gasteiger partial charge on any atom is -0.441 e. The predicted molar refractivity (Wildman–Crippen MR) is 140 cm³/mol. The second kappa shape index (κ2) is 10.4. The van der Waals surface area contributed by atoms with Crippen LogP contribution >= 0.6 is 0 Å². The number of aromatic amines is 1. The Balaban J connectivity index is 1.69. The Hall–Kier alpha value is -3.62. The molecule has 1 amide bonds. The van der Waals surface area contributed by atoms with Crippen LogP contribution in [0.5, 0.6) is 5.88 Å². The van der Waals surface area contributed by atoms with Gasteiger partial charge in [0.25, 0.3) is 22.3 Å². The third-order valence-electron chi connectivity index (χ3n) is 7.52. The fourth-order valence-corrected chi connectivity index (χ4v) is 5.36. The molecule has 0 radical (unpaired) electrons. The highest BCUT2D eigenvalue weighted by atomic mass is 32.2. The molecule has 1 aliphatic heterocycles. The van der Waals surface area contributed by atoms with Crippen LogP contribution in [0.4, 0.5) is 19.0 Å². The van der Waals surface area contributed by atoms with Gasteiger partial charge in [-0.2, -0.15) is 5.10 Å². The topological polar surface area (TPSA) is 135 Å². The van der Waals surface area contributed by atoms with Gasteiger partial charge in [0.2, 0.25) is 12.3 Å². The van der Waals surface area contributed by atoms with Crippen molar-refractivity contribution < 1.29 is 31.1 Å². The molecule has 40 heavy (non-hydrogen) atoms. The average Bonchev–Trinajstić information content (AvgIpc) is 3.58. The van der Waals surface area contributed by atoms with E-state index in [2.05, 4.69) is 31.9 Å². The summed E-state index contributed by atoms with van der Waals surface area (Å²) in [5.41, 5.74) is -2.20. The molecule has 11 nitrogen and oxygen atoms in total. The van der Waals surface area contributed by atoms with Gasteiger partial charge in [0.1, 0.15) is 10.7 Å². The Morgan fingerprint density at radius 3 is 2.52 bits per heavy atom. The number of rotatable bonds is 9. The van der Waals surface area contributed by atoms with Crippen LogP contribution in [0.3, 0.4) is 0 Å². The molecule has 1 aliphatic rings. The van der Waals surface area contributed by atoms with Gasteiger partial charge in [0, 0.05) is 24.3 Å². The molecular formula is C25H32F3N7O4S. The summed E-state index contributed by atoms with van der Waals surface area (Å²) in [5, 5.41) is 10.3. The minimum absolute atomic E-state index is 0.0155. The van der Waals surface area contributed by atoms with Crippen LogP contribution < -0.4 is 14.4 Å². The van der Waals surface area contributed by atoms with Gasteiger partial charge in [-0.25, -0.2) is 36.0 Å². The summed E-state index contributed by atoms with van der Waals surface area (Å²) in [6, 6.07) is 4.16. The van der Waals surface area contributed by atoms with Gasteiger partial charge in [-0.15, -0.1) is 5.10 Å². The first kappa shape index (κ1) is 29.4. The first-order valence-corrected chi connectivity index (χ1v) is 14.0. The molecule has 0 spiro atoms. The van der Waals surface area contributed by atoms with Crippen molar-refractivity contribution >= 4 is 21.7 Å². The molecule has 3 aromatic heterocycles. The van der Waals surface area contributed by atoms with E-state index >= 15 is 0 Å². The van der Waals surface area contributed by atoms with Gasteiger partial charge in [0.15, 0.2) is 5.82 Å². The van der Waals surface area contributed by atoms with E-state index in [4.69, 9.17) is 4.74 Å². The van der Waals surface area contributed by atoms with Crippen LogP contribution in [0, 0.1) is 18.3 Å². The van der Waals surface area contributed by atoms with Crippen molar-refractivity contribution in [3.63, 3.8) is 0 Å². The second-order valence-electron chi connectivity index (χ2n) is 11.0. The molecule has 4 heterocycles. The lowest BCUT2D eigenvalue weighted by Gasteiger charge is -2.36. The number of hydrogen-bond acceptors (Lipinski definition) is 8. The van der Waals surface area contributed by atoms with E-state index in [-0.39, 0.29) is 39.6 Å². The highest BCUT2D eigenvalue weighted by molar-refractivity contribution is 7.90. The molecular weight excluding hydrogens is 551 g/mol. The summed E-state index contributed by atoms with van der Waals surface area (Å²) in [4.78, 5) is 19.7. The van der Waals surface area contributed by atoms with E-state index in [0.29, 0.717) is 6.54 Å². The molecule has 1 fully saturated rings. The number of nitrogens with one attached hydrogen (secondary N) is 2. The van der Waals surface area contributed by atoms with Crippen molar-refractivity contribution in [1.82, 2.24) is 29.7 Å². The summed E-state index contributed by atoms with van der Waals surface area (Å²) < 4.78 is 74.9. The summed E-state index contributed by atoms with van der Waals surface area (Å²) in [6.07, 6.45) is -1.95. The summed E-state index contributed by atoms with van der Waals surface area (Å²) in [5.74, 6) is -0.444. The van der Waals surface area contributed by atoms with Crippen molar-refractivity contribution in [2.45, 2.75) is 71.2 Å². The maximum atomic E-state index is 14.5. The molecule has 0 bridgehead atoms. The quantitative estimate of drug-likeness (QED) is 0.386. The van der Waals surface area contributed by atoms with Crippen molar-refractivity contribution in [3.8, 4) is 11.7 Å². The molecule has 1 saturated heterocycles. The number of pyridine rings is 1. The number of alkyl halides is 3. The molecule has 2 atom stereocenters. The number of hydrogen-bond donors (Lipinski definition) is 2. The van der Waals surface area contributed by atoms with Crippen molar-refractivity contribution in [2.75, 3.05) is 11.4 Å². The molecule has 0 saturated carbocycles. The summed E-state index contributed by atoms with van der Waals surface area (Å²) in [6.45, 7) is 10.2. The van der Waals surface area contributed by atoms with Gasteiger partial charge in [-0.3, -0.25) is 9.89 Å². The lowest BCUT2D eigenvalue weighted by atomic mass is 9.90. The Morgan fingerprint density at radius 2 is 1.95 bits per heavy atom. The Morgan fingerprint density at radius 1 is 1.25 bits per heavy atom. The minimum atomic E-state index is -4.23. The lowest BCUT2D eigenvalue weighted by molar-refractivity contribution is -0.115. The number of halogens is 3. The van der Waals surface area contributed by atoms with Gasteiger partial charge >= 0.3 is 0 Å². The van der Waals surface area contributed by atoms with Gasteiger partial charge in [0.05, 0.1) is 22.9 Å². The zero-order valence-corrected chi connectivity index (χ0v) is 23.8. The zero-order chi connectivity index (χ0) is 29.6. The van der Waals surface area contributed by atoms with E-state index in [1.165, 1.54) is 36.0 Å². The highest BCUT2D eigenvalue weighted by Crippen LogP contribution is 2.39. The van der Waals surface area contributed by atoms with Crippen LogP contribution in [-0.4, -0.2) is 64.2 Å². The first-order valence-electron chi connectivity index (χ1n) is 12.6. The molecule has 3 aromatic rings. The number of carbonyl (C=O) groups excluding carboxylic acids is 1. The highest BCUT2D eigenvalue weighted by Gasteiger charge is 2.42. The van der Waals surface area contributed by atoms with Crippen molar-refractivity contribution in [3.05, 3.63) is 41.9 Å². The number of carbonyl (C=O) groups is 1. The van der Waals surface area contributed by atoms with E-state index in [1.807, 2.05) is 18.7 Å². The van der Waals surface area contributed by atoms with Crippen LogP contribution in [0.2, 0.25) is 0 Å². The fourth-order valence-electron chi connectivity index (χ4n) is 4.26. The fraction of sp³-hybridized carbons (Fsp3) is 0.520. The maximum Gasteiger partial charge on any atom is 0.268 e. The average molecular weight is 584 g/mol. The van der Waals surface area contributed by atoms with Gasteiger partial charge < -0.3 is 9.64 Å². The number of ether oxygens (including phenoxy) is 1. The molecule has 2 N–H and O–H groups in total. The molecule has 0 aliphatic carbocycles. The van der Waals surface area contributed by atoms with Crippen molar-refractivity contribution in [2.24, 2.45) is 11.3 Å². The Labute approximate surface area is 230 Å². The number of amides is 1. The number of nitrogens with zero attached hydrogens (tertiary/aromatic N) is 5. The molecule has 4 rings (SSSR count). The lowest BCUT2D eigenvalue weighted by Crippen LogP contribution is -2.44. The zero-order valence-electron chi connectivity index (χ0n) is 22.9. The number of anilines is 1. The van der Waals surface area contributed by atoms with Crippen LogP contribution in [0.1, 0.15) is 57.1 Å². The second-order valence-corrected chi connectivity index (χ2v) is 12.6. The van der Waals surface area contributed by atoms with Gasteiger partial charge in [-0.05, 0) is 59.1 Å². The third kappa shape index (κ3) is 5.38. The molecule has 0 aromatic carbocycles. The predicted octanol–water partition coefficient (Wildman–Crippen LogP) is 4.01. The van der Waals surface area contributed by atoms with Crippen LogP contribution in [-0.2, 0) is 10.0 Å². The van der Waals surface area contributed by atoms with E-state index < -0.39 is 39.7 Å². The standard InChI is InChI=1S/C25H32F3N7O4S/c1-14-9-11-34(25(14,5)6)20-16(21(36)33-40(37,38)17-13-29-31-15(17)2)7-8-18(30-20)35-12-10-19(32-35)39-23(28)24(3,4)22(26)27/h7-8,10,12-14,22-23H,9,11H2,1-6H3,(H,29,31)(H,33,36).